The molecule has 0 aliphatic rings. The zero-order valence-corrected chi connectivity index (χ0v) is 15.7. The zero-order chi connectivity index (χ0) is 18.4. The average Bonchev–Trinajstić information content (AvgIpc) is 3.12. The molecule has 0 fully saturated rings. The average molecular weight is 367 g/mol. The molecule has 0 saturated heterocycles. The second-order valence-electron chi connectivity index (χ2n) is 5.97. The highest BCUT2D eigenvalue weighted by Gasteiger charge is 2.10. The van der Waals surface area contributed by atoms with Crippen LogP contribution in [0.25, 0.3) is 11.4 Å². The maximum Gasteiger partial charge on any atom is 0.236 e. The Morgan fingerprint density at radius 3 is 2.54 bits per heavy atom. The van der Waals surface area contributed by atoms with Crippen LogP contribution in [0.5, 0.6) is 0 Å². The molecule has 134 valence electrons. The van der Waals surface area contributed by atoms with E-state index in [2.05, 4.69) is 22.4 Å². The molecule has 0 saturated carbocycles. The second kappa shape index (κ2) is 8.67. The summed E-state index contributed by atoms with van der Waals surface area (Å²) in [4.78, 5) is 16.4. The fraction of sp³-hybridized carbons (Fsp3) is 0.250. The van der Waals surface area contributed by atoms with Gasteiger partial charge in [-0.2, -0.15) is 4.98 Å². The Morgan fingerprint density at radius 2 is 1.85 bits per heavy atom. The topological polar surface area (TPSA) is 68.0 Å². The lowest BCUT2D eigenvalue weighted by Gasteiger charge is -2.05. The molecule has 0 aliphatic carbocycles. The monoisotopic (exact) mass is 367 g/mol. The first-order valence-corrected chi connectivity index (χ1v) is 9.65. The Hall–Kier alpha value is -2.60. The van der Waals surface area contributed by atoms with E-state index in [4.69, 9.17) is 4.52 Å². The largest absolute Gasteiger partial charge is 0.338 e. The third-order valence-electron chi connectivity index (χ3n) is 3.88. The lowest BCUT2D eigenvalue weighted by atomic mass is 10.1. The van der Waals surface area contributed by atoms with Crippen molar-refractivity contribution in [2.24, 2.45) is 0 Å². The van der Waals surface area contributed by atoms with Gasteiger partial charge in [-0.25, -0.2) is 0 Å². The summed E-state index contributed by atoms with van der Waals surface area (Å²) in [6.45, 7) is 4.14. The van der Waals surface area contributed by atoms with E-state index in [1.54, 1.807) is 0 Å². The number of aromatic nitrogens is 2. The quantitative estimate of drug-likeness (QED) is 0.667. The maximum absolute atomic E-state index is 12.0. The molecule has 0 radical (unpaired) electrons. The zero-order valence-electron chi connectivity index (χ0n) is 14.9. The minimum absolute atomic E-state index is 0.0440. The van der Waals surface area contributed by atoms with Crippen molar-refractivity contribution >= 4 is 23.4 Å². The second-order valence-corrected chi connectivity index (χ2v) is 6.95. The predicted octanol–water partition coefficient (Wildman–Crippen LogP) is 4.48. The van der Waals surface area contributed by atoms with E-state index < -0.39 is 0 Å². The van der Waals surface area contributed by atoms with E-state index in [0.29, 0.717) is 23.2 Å². The summed E-state index contributed by atoms with van der Waals surface area (Å²) < 4.78 is 5.26. The van der Waals surface area contributed by atoms with Crippen molar-refractivity contribution in [1.29, 1.82) is 0 Å². The van der Waals surface area contributed by atoms with Crippen LogP contribution in [0.3, 0.4) is 0 Å². The van der Waals surface area contributed by atoms with E-state index in [1.165, 1.54) is 22.9 Å². The number of carbonyl (C=O) groups excluding carboxylic acids is 1. The minimum Gasteiger partial charge on any atom is -0.338 e. The van der Waals surface area contributed by atoms with Crippen LogP contribution in [0.4, 0.5) is 5.69 Å². The number of hydrogen-bond acceptors (Lipinski definition) is 5. The molecule has 5 nitrogen and oxygen atoms in total. The third kappa shape index (κ3) is 4.95. The van der Waals surface area contributed by atoms with Crippen LogP contribution in [-0.2, 0) is 17.0 Å². The van der Waals surface area contributed by atoms with E-state index in [-0.39, 0.29) is 5.91 Å². The van der Waals surface area contributed by atoms with Gasteiger partial charge in [0, 0.05) is 11.3 Å². The van der Waals surface area contributed by atoms with Crippen molar-refractivity contribution in [3.63, 3.8) is 0 Å². The van der Waals surface area contributed by atoms with Crippen molar-refractivity contribution in [2.75, 3.05) is 11.1 Å². The molecule has 1 N–H and O–H groups in total. The number of benzene rings is 2. The van der Waals surface area contributed by atoms with Crippen LogP contribution in [0.15, 0.2) is 53.1 Å². The summed E-state index contributed by atoms with van der Waals surface area (Å²) in [5, 5.41) is 6.89. The summed E-state index contributed by atoms with van der Waals surface area (Å²) >= 11 is 1.44. The Morgan fingerprint density at radius 1 is 1.12 bits per heavy atom. The fourth-order valence-electron chi connectivity index (χ4n) is 2.39. The van der Waals surface area contributed by atoms with E-state index in [0.717, 1.165) is 17.7 Å². The molecule has 26 heavy (non-hydrogen) atoms. The van der Waals surface area contributed by atoms with Crippen molar-refractivity contribution in [3.8, 4) is 11.4 Å². The molecule has 1 heterocycles. The van der Waals surface area contributed by atoms with Gasteiger partial charge in [0.05, 0.1) is 11.5 Å². The molecule has 0 aliphatic heterocycles. The van der Waals surface area contributed by atoms with E-state index in [1.807, 2.05) is 55.5 Å². The molecule has 0 atom stereocenters. The normalized spacial score (nSPS) is 10.7. The van der Waals surface area contributed by atoms with Crippen LogP contribution >= 0.6 is 11.8 Å². The Bertz CT molecular complexity index is 858. The van der Waals surface area contributed by atoms with Crippen molar-refractivity contribution < 1.29 is 9.32 Å². The van der Waals surface area contributed by atoms with E-state index >= 15 is 0 Å². The molecule has 2 aromatic carbocycles. The molecule has 0 spiro atoms. The standard InChI is InChI=1S/C20H21N3O2S/c1-3-15-6-10-17(11-7-15)21-18(24)12-26-13-19-22-20(23-25-19)16-8-4-14(2)5-9-16/h4-11H,3,12-13H2,1-2H3,(H,21,24). The lowest BCUT2D eigenvalue weighted by Crippen LogP contribution is -2.14. The first-order valence-electron chi connectivity index (χ1n) is 8.50. The lowest BCUT2D eigenvalue weighted by molar-refractivity contribution is -0.113. The molecule has 3 aromatic rings. The first kappa shape index (κ1) is 18.2. The van der Waals surface area contributed by atoms with Gasteiger partial charge in [-0.05, 0) is 31.0 Å². The summed E-state index contributed by atoms with van der Waals surface area (Å²) in [6.07, 6.45) is 0.985. The third-order valence-corrected chi connectivity index (χ3v) is 4.80. The van der Waals surface area contributed by atoms with Gasteiger partial charge in [0.2, 0.25) is 17.6 Å². The molecule has 0 unspecified atom stereocenters. The minimum atomic E-state index is -0.0440. The number of thioether (sulfide) groups is 1. The van der Waals surface area contributed by atoms with Gasteiger partial charge in [-0.1, -0.05) is 54.0 Å². The maximum atomic E-state index is 12.0. The number of rotatable bonds is 7. The Labute approximate surface area is 157 Å². The number of carbonyl (C=O) groups is 1. The van der Waals surface area contributed by atoms with Gasteiger partial charge in [0.1, 0.15) is 0 Å². The number of aryl methyl sites for hydroxylation is 2. The molecular formula is C20H21N3O2S. The highest BCUT2D eigenvalue weighted by atomic mass is 32.2. The Balaban J connectivity index is 1.47. The summed E-state index contributed by atoms with van der Waals surface area (Å²) in [5.74, 6) is 1.88. The molecule has 1 amide bonds. The molecule has 1 aromatic heterocycles. The van der Waals surface area contributed by atoms with Crippen molar-refractivity contribution in [3.05, 3.63) is 65.5 Å². The first-order chi connectivity index (χ1) is 12.6. The predicted molar refractivity (Wildman–Crippen MR) is 105 cm³/mol. The van der Waals surface area contributed by atoms with Gasteiger partial charge in [-0.3, -0.25) is 4.79 Å². The highest BCUT2D eigenvalue weighted by Crippen LogP contribution is 2.19. The fourth-order valence-corrected chi connectivity index (χ4v) is 3.04. The SMILES string of the molecule is CCc1ccc(NC(=O)CSCc2nc(-c3ccc(C)cc3)no2)cc1. The van der Waals surface area contributed by atoms with Gasteiger partial charge >= 0.3 is 0 Å². The number of nitrogens with one attached hydrogen (secondary N) is 1. The van der Waals surface area contributed by atoms with Crippen molar-refractivity contribution in [1.82, 2.24) is 10.1 Å². The molecule has 6 heteroatoms. The highest BCUT2D eigenvalue weighted by molar-refractivity contribution is 7.99. The van der Waals surface area contributed by atoms with Crippen LogP contribution in [0.1, 0.15) is 23.9 Å². The Kier molecular flexibility index (Phi) is 6.07. The van der Waals surface area contributed by atoms with Gasteiger partial charge < -0.3 is 9.84 Å². The molecule has 0 bridgehead atoms. The van der Waals surface area contributed by atoms with Gasteiger partial charge in [0.25, 0.3) is 0 Å². The molecular weight excluding hydrogens is 346 g/mol. The number of nitrogens with zero attached hydrogens (tertiary/aromatic N) is 2. The number of amides is 1. The van der Waals surface area contributed by atoms with Crippen LogP contribution in [0.2, 0.25) is 0 Å². The van der Waals surface area contributed by atoms with E-state index in [9.17, 15) is 4.79 Å². The van der Waals surface area contributed by atoms with Crippen molar-refractivity contribution in [2.45, 2.75) is 26.0 Å². The number of anilines is 1. The smallest absolute Gasteiger partial charge is 0.236 e. The van der Waals surface area contributed by atoms with Crippen LogP contribution in [-0.4, -0.2) is 21.8 Å². The van der Waals surface area contributed by atoms with Crippen LogP contribution in [0, 0.1) is 6.92 Å². The summed E-state index contributed by atoms with van der Waals surface area (Å²) in [6, 6.07) is 15.8. The van der Waals surface area contributed by atoms with Gasteiger partial charge in [0.15, 0.2) is 0 Å². The van der Waals surface area contributed by atoms with Gasteiger partial charge in [-0.15, -0.1) is 11.8 Å². The van der Waals surface area contributed by atoms with Crippen LogP contribution < -0.4 is 5.32 Å². The molecule has 3 rings (SSSR count). The number of hydrogen-bond donors (Lipinski definition) is 1. The summed E-state index contributed by atoms with van der Waals surface area (Å²) in [7, 11) is 0. The summed E-state index contributed by atoms with van der Waals surface area (Å²) in [5.41, 5.74) is 4.16.